The number of hydrogen-bond donors (Lipinski definition) is 0. The third-order valence-electron chi connectivity index (χ3n) is 6.58. The highest BCUT2D eigenvalue weighted by Gasteiger charge is 2.42. The molecule has 3 rings (SSSR count). The molecule has 1 aromatic carbocycles. The summed E-state index contributed by atoms with van der Waals surface area (Å²) in [6.07, 6.45) is 14.5. The Morgan fingerprint density at radius 3 is 2.10 bits per heavy atom. The van der Waals surface area contributed by atoms with Crippen LogP contribution in [0.25, 0.3) is 0 Å². The molecule has 2 aliphatic rings. The molecule has 0 heteroatoms. The average Bonchev–Trinajstić information content (AvgIpc) is 2.56. The molecule has 2 aliphatic carbocycles. The van der Waals surface area contributed by atoms with Crippen molar-refractivity contribution >= 4 is 0 Å². The van der Waals surface area contributed by atoms with E-state index in [2.05, 4.69) is 38.1 Å². The van der Waals surface area contributed by atoms with Gasteiger partial charge >= 0.3 is 0 Å². The fraction of sp³-hybridized carbons (Fsp3) is 0.714. The predicted molar refractivity (Wildman–Crippen MR) is 91.7 cm³/mol. The Morgan fingerprint density at radius 1 is 0.905 bits per heavy atom. The lowest BCUT2D eigenvalue weighted by atomic mass is 9.57. The smallest absolute Gasteiger partial charge is 0.00187 e. The van der Waals surface area contributed by atoms with Crippen LogP contribution in [0.5, 0.6) is 0 Å². The van der Waals surface area contributed by atoms with Crippen molar-refractivity contribution in [3.8, 4) is 0 Å². The summed E-state index contributed by atoms with van der Waals surface area (Å²) in [5.41, 5.74) is 3.58. The van der Waals surface area contributed by atoms with Gasteiger partial charge in [-0.3, -0.25) is 0 Å². The fourth-order valence-corrected chi connectivity index (χ4v) is 5.12. The summed E-state index contributed by atoms with van der Waals surface area (Å²) in [5.74, 6) is 1.96. The van der Waals surface area contributed by atoms with Gasteiger partial charge in [-0.05, 0) is 55.4 Å². The standard InChI is InChI=1S/C21H32/c1-3-18-9-13-20(14-10-18)21(15-5-4-6-16-21)19-11-7-17(2)8-12-19/h7-8,11-12,18,20H,3-6,9-10,13-16H2,1-2H3. The van der Waals surface area contributed by atoms with Crippen molar-refractivity contribution in [2.75, 3.05) is 0 Å². The first-order valence-corrected chi connectivity index (χ1v) is 9.32. The molecule has 1 aromatic rings. The highest BCUT2D eigenvalue weighted by atomic mass is 14.5. The van der Waals surface area contributed by atoms with E-state index in [1.165, 1.54) is 69.8 Å². The molecule has 21 heavy (non-hydrogen) atoms. The van der Waals surface area contributed by atoms with Crippen LogP contribution in [-0.2, 0) is 5.41 Å². The molecule has 0 aliphatic heterocycles. The highest BCUT2D eigenvalue weighted by Crippen LogP contribution is 2.51. The van der Waals surface area contributed by atoms with E-state index in [0.29, 0.717) is 5.41 Å². The SMILES string of the molecule is CCC1CCC(C2(c3ccc(C)cc3)CCCCC2)CC1. The molecule has 0 N–H and O–H groups in total. The summed E-state index contributed by atoms with van der Waals surface area (Å²) in [6.45, 7) is 4.59. The van der Waals surface area contributed by atoms with Gasteiger partial charge in [-0.25, -0.2) is 0 Å². The van der Waals surface area contributed by atoms with Crippen molar-refractivity contribution in [1.29, 1.82) is 0 Å². The number of hydrogen-bond acceptors (Lipinski definition) is 0. The van der Waals surface area contributed by atoms with Gasteiger partial charge in [-0.15, -0.1) is 0 Å². The second kappa shape index (κ2) is 6.55. The fourth-order valence-electron chi connectivity index (χ4n) is 5.12. The second-order valence-electron chi connectivity index (χ2n) is 7.71. The predicted octanol–water partition coefficient (Wildman–Crippen LogP) is 6.41. The van der Waals surface area contributed by atoms with Gasteiger partial charge in [0.1, 0.15) is 0 Å². The molecule has 0 spiro atoms. The highest BCUT2D eigenvalue weighted by molar-refractivity contribution is 5.30. The minimum absolute atomic E-state index is 0.519. The van der Waals surface area contributed by atoms with Gasteiger partial charge in [0.2, 0.25) is 0 Å². The molecule has 0 bridgehead atoms. The lowest BCUT2D eigenvalue weighted by Crippen LogP contribution is -2.39. The van der Waals surface area contributed by atoms with E-state index in [4.69, 9.17) is 0 Å². The van der Waals surface area contributed by atoms with E-state index in [1.54, 1.807) is 5.56 Å². The van der Waals surface area contributed by atoms with Gasteiger partial charge in [-0.1, -0.05) is 75.3 Å². The monoisotopic (exact) mass is 284 g/mol. The van der Waals surface area contributed by atoms with E-state index in [0.717, 1.165) is 11.8 Å². The first-order chi connectivity index (χ1) is 10.2. The van der Waals surface area contributed by atoms with Crippen molar-refractivity contribution < 1.29 is 0 Å². The maximum atomic E-state index is 2.45. The largest absolute Gasteiger partial charge is 0.0651 e. The number of benzene rings is 1. The van der Waals surface area contributed by atoms with E-state index >= 15 is 0 Å². The molecular formula is C21H32. The Labute approximate surface area is 131 Å². The maximum absolute atomic E-state index is 2.45. The zero-order valence-electron chi connectivity index (χ0n) is 14.0. The Bertz CT molecular complexity index is 428. The van der Waals surface area contributed by atoms with Gasteiger partial charge in [0, 0.05) is 0 Å². The minimum atomic E-state index is 0.519. The summed E-state index contributed by atoms with van der Waals surface area (Å²) in [5, 5.41) is 0. The third-order valence-corrected chi connectivity index (χ3v) is 6.58. The van der Waals surface area contributed by atoms with Crippen molar-refractivity contribution in [3.63, 3.8) is 0 Å². The summed E-state index contributed by atoms with van der Waals surface area (Å²) < 4.78 is 0. The second-order valence-corrected chi connectivity index (χ2v) is 7.71. The molecule has 2 saturated carbocycles. The third kappa shape index (κ3) is 3.05. The first-order valence-electron chi connectivity index (χ1n) is 9.32. The van der Waals surface area contributed by atoms with Gasteiger partial charge < -0.3 is 0 Å². The normalized spacial score (nSPS) is 29.2. The molecule has 0 amide bonds. The van der Waals surface area contributed by atoms with E-state index in [9.17, 15) is 0 Å². The molecule has 0 nitrogen and oxygen atoms in total. The van der Waals surface area contributed by atoms with Crippen LogP contribution >= 0.6 is 0 Å². The summed E-state index contributed by atoms with van der Waals surface area (Å²) in [4.78, 5) is 0. The lowest BCUT2D eigenvalue weighted by Gasteiger charge is -2.47. The van der Waals surface area contributed by atoms with Crippen molar-refractivity contribution in [2.24, 2.45) is 11.8 Å². The molecule has 0 unspecified atom stereocenters. The molecular weight excluding hydrogens is 252 g/mol. The zero-order chi connectivity index (χ0) is 14.7. The zero-order valence-corrected chi connectivity index (χ0v) is 14.0. The summed E-state index contributed by atoms with van der Waals surface area (Å²) >= 11 is 0. The van der Waals surface area contributed by atoms with Gasteiger partial charge in [0.15, 0.2) is 0 Å². The van der Waals surface area contributed by atoms with Gasteiger partial charge in [0.25, 0.3) is 0 Å². The van der Waals surface area contributed by atoms with Crippen LogP contribution in [0.15, 0.2) is 24.3 Å². The number of aryl methyl sites for hydroxylation is 1. The molecule has 116 valence electrons. The molecule has 0 aromatic heterocycles. The van der Waals surface area contributed by atoms with Crippen LogP contribution in [0.3, 0.4) is 0 Å². The van der Waals surface area contributed by atoms with Crippen LogP contribution in [0.4, 0.5) is 0 Å². The molecule has 2 fully saturated rings. The van der Waals surface area contributed by atoms with E-state index in [1.807, 2.05) is 0 Å². The van der Waals surface area contributed by atoms with E-state index < -0.39 is 0 Å². The first kappa shape index (κ1) is 15.1. The van der Waals surface area contributed by atoms with E-state index in [-0.39, 0.29) is 0 Å². The number of rotatable bonds is 3. The summed E-state index contributed by atoms with van der Waals surface area (Å²) in [6, 6.07) is 9.58. The van der Waals surface area contributed by atoms with Crippen LogP contribution in [0.1, 0.15) is 82.3 Å². The Kier molecular flexibility index (Phi) is 4.72. The van der Waals surface area contributed by atoms with Gasteiger partial charge in [-0.2, -0.15) is 0 Å². The summed E-state index contributed by atoms with van der Waals surface area (Å²) in [7, 11) is 0. The Morgan fingerprint density at radius 2 is 1.52 bits per heavy atom. The Hall–Kier alpha value is -0.780. The average molecular weight is 284 g/mol. The maximum Gasteiger partial charge on any atom is -0.00187 e. The van der Waals surface area contributed by atoms with Gasteiger partial charge in [0.05, 0.1) is 0 Å². The molecule has 0 saturated heterocycles. The van der Waals surface area contributed by atoms with Crippen molar-refractivity contribution in [2.45, 2.75) is 83.5 Å². The lowest BCUT2D eigenvalue weighted by molar-refractivity contribution is 0.126. The van der Waals surface area contributed by atoms with Crippen molar-refractivity contribution in [3.05, 3.63) is 35.4 Å². The van der Waals surface area contributed by atoms with Crippen LogP contribution in [0.2, 0.25) is 0 Å². The quantitative estimate of drug-likeness (QED) is 0.601. The molecule has 0 radical (unpaired) electrons. The topological polar surface area (TPSA) is 0 Å². The molecule has 0 atom stereocenters. The van der Waals surface area contributed by atoms with Crippen LogP contribution in [-0.4, -0.2) is 0 Å². The molecule has 0 heterocycles. The minimum Gasteiger partial charge on any atom is -0.0651 e. The van der Waals surface area contributed by atoms with Crippen molar-refractivity contribution in [1.82, 2.24) is 0 Å². The van der Waals surface area contributed by atoms with Crippen LogP contribution < -0.4 is 0 Å². The Balaban J connectivity index is 1.85. The van der Waals surface area contributed by atoms with Crippen LogP contribution in [0, 0.1) is 18.8 Å².